The van der Waals surface area contributed by atoms with Crippen LogP contribution in [-0.2, 0) is 4.79 Å². The molecule has 0 radical (unpaired) electrons. The largest absolute Gasteiger partial charge is 0.481 e. The highest BCUT2D eigenvalue weighted by atomic mass is 32.1. The van der Waals surface area contributed by atoms with Gasteiger partial charge in [0.2, 0.25) is 0 Å². The van der Waals surface area contributed by atoms with Crippen molar-refractivity contribution >= 4 is 23.2 Å². The van der Waals surface area contributed by atoms with E-state index in [1.165, 1.54) is 11.3 Å². The number of aryl methyl sites for hydroxylation is 1. The van der Waals surface area contributed by atoms with Crippen LogP contribution in [0.5, 0.6) is 0 Å². The van der Waals surface area contributed by atoms with Gasteiger partial charge in [0.1, 0.15) is 4.88 Å². The highest BCUT2D eigenvalue weighted by Crippen LogP contribution is 2.25. The highest BCUT2D eigenvalue weighted by Gasteiger charge is 2.19. The molecule has 0 bridgehead atoms. The van der Waals surface area contributed by atoms with Gasteiger partial charge in [-0.15, -0.1) is 11.3 Å². The Labute approximate surface area is 125 Å². The first-order valence-corrected chi connectivity index (χ1v) is 7.06. The van der Waals surface area contributed by atoms with Crippen LogP contribution in [-0.4, -0.2) is 38.0 Å². The number of aromatic nitrogens is 3. The molecule has 0 saturated carbocycles. The van der Waals surface area contributed by atoms with E-state index >= 15 is 0 Å². The first kappa shape index (κ1) is 15.0. The summed E-state index contributed by atoms with van der Waals surface area (Å²) < 4.78 is 0. The first-order valence-electron chi connectivity index (χ1n) is 6.25. The summed E-state index contributed by atoms with van der Waals surface area (Å²) >= 11 is 1.19. The predicted octanol–water partition coefficient (Wildman–Crippen LogP) is 1.50. The monoisotopic (exact) mass is 306 g/mol. The Hall–Kier alpha value is -2.35. The molecule has 2 rings (SSSR count). The van der Waals surface area contributed by atoms with Crippen LogP contribution in [0.3, 0.4) is 0 Å². The fourth-order valence-corrected chi connectivity index (χ4v) is 2.63. The van der Waals surface area contributed by atoms with Crippen LogP contribution in [0, 0.1) is 6.92 Å². The Kier molecular flexibility index (Phi) is 4.59. The zero-order chi connectivity index (χ0) is 15.4. The first-order chi connectivity index (χ1) is 9.97. The smallest absolute Gasteiger partial charge is 0.305 e. The van der Waals surface area contributed by atoms with Gasteiger partial charge < -0.3 is 10.4 Å². The van der Waals surface area contributed by atoms with E-state index < -0.39 is 12.0 Å². The lowest BCUT2D eigenvalue weighted by atomic mass is 10.2. The van der Waals surface area contributed by atoms with Crippen molar-refractivity contribution in [2.75, 3.05) is 0 Å². The lowest BCUT2D eigenvalue weighted by Crippen LogP contribution is -2.34. The second-order valence-corrected chi connectivity index (χ2v) is 5.48. The molecule has 110 valence electrons. The maximum atomic E-state index is 12.1. The van der Waals surface area contributed by atoms with Gasteiger partial charge in [0.05, 0.1) is 12.1 Å². The summed E-state index contributed by atoms with van der Waals surface area (Å²) in [7, 11) is 0. The number of aliphatic carboxylic acids is 1. The number of amides is 1. The van der Waals surface area contributed by atoms with Crippen LogP contribution in [0.2, 0.25) is 0 Å². The Morgan fingerprint density at radius 2 is 2.05 bits per heavy atom. The third-order valence-electron chi connectivity index (χ3n) is 2.62. The lowest BCUT2D eigenvalue weighted by Gasteiger charge is -2.10. The molecule has 1 atom stereocenters. The molecule has 0 aliphatic rings. The number of carboxylic acid groups (broad SMARTS) is 1. The molecule has 2 aromatic heterocycles. The number of rotatable bonds is 5. The average molecular weight is 306 g/mol. The van der Waals surface area contributed by atoms with Crippen molar-refractivity contribution in [1.29, 1.82) is 0 Å². The summed E-state index contributed by atoms with van der Waals surface area (Å²) in [5.74, 6) is -0.827. The number of nitrogens with one attached hydrogen (secondary N) is 1. The van der Waals surface area contributed by atoms with Gasteiger partial charge in [0, 0.05) is 18.4 Å². The summed E-state index contributed by atoms with van der Waals surface area (Å²) in [6.07, 6.45) is 3.08. The Morgan fingerprint density at radius 3 is 2.67 bits per heavy atom. The molecule has 2 aromatic rings. The third-order valence-corrected chi connectivity index (χ3v) is 3.77. The quantitative estimate of drug-likeness (QED) is 0.867. The molecule has 21 heavy (non-hydrogen) atoms. The molecule has 7 nitrogen and oxygen atoms in total. The van der Waals surface area contributed by atoms with E-state index in [4.69, 9.17) is 5.11 Å². The molecule has 0 spiro atoms. The summed E-state index contributed by atoms with van der Waals surface area (Å²) in [4.78, 5) is 35.6. The number of carbonyl (C=O) groups excluding carboxylic acids is 1. The zero-order valence-electron chi connectivity index (χ0n) is 11.5. The van der Waals surface area contributed by atoms with Crippen LogP contribution in [0.1, 0.15) is 28.7 Å². The maximum Gasteiger partial charge on any atom is 0.305 e. The van der Waals surface area contributed by atoms with Gasteiger partial charge in [-0.25, -0.2) is 15.0 Å². The van der Waals surface area contributed by atoms with E-state index in [2.05, 4.69) is 20.3 Å². The standard InChI is InChI=1S/C13H14N4O3S/c1-7(6-9(18)19)16-12(20)10-8(2)17-13(21-10)11-14-4-3-5-15-11/h3-5,7H,6H2,1-2H3,(H,16,20)(H,18,19). The van der Waals surface area contributed by atoms with Gasteiger partial charge in [-0.05, 0) is 19.9 Å². The van der Waals surface area contributed by atoms with Crippen molar-refractivity contribution < 1.29 is 14.7 Å². The Balaban J connectivity index is 2.16. The molecule has 0 aliphatic carbocycles. The van der Waals surface area contributed by atoms with E-state index in [9.17, 15) is 9.59 Å². The summed E-state index contributed by atoms with van der Waals surface area (Å²) in [6.45, 7) is 3.36. The molecule has 0 fully saturated rings. The minimum Gasteiger partial charge on any atom is -0.481 e. The third kappa shape index (κ3) is 3.82. The Morgan fingerprint density at radius 1 is 1.38 bits per heavy atom. The van der Waals surface area contributed by atoms with Gasteiger partial charge in [0.15, 0.2) is 10.8 Å². The van der Waals surface area contributed by atoms with E-state index in [-0.39, 0.29) is 12.3 Å². The molecule has 1 amide bonds. The molecule has 0 aromatic carbocycles. The molecule has 0 aliphatic heterocycles. The van der Waals surface area contributed by atoms with Crippen molar-refractivity contribution in [3.05, 3.63) is 29.0 Å². The zero-order valence-corrected chi connectivity index (χ0v) is 12.3. The molecule has 8 heteroatoms. The van der Waals surface area contributed by atoms with Crippen molar-refractivity contribution in [3.8, 4) is 10.8 Å². The molecular weight excluding hydrogens is 292 g/mol. The summed E-state index contributed by atoms with van der Waals surface area (Å²) in [5.41, 5.74) is 0.572. The van der Waals surface area contributed by atoms with Gasteiger partial charge in [-0.2, -0.15) is 0 Å². The number of nitrogens with zero attached hydrogens (tertiary/aromatic N) is 3. The molecule has 2 N–H and O–H groups in total. The molecule has 0 saturated heterocycles. The average Bonchev–Trinajstić information content (AvgIpc) is 2.81. The fraction of sp³-hybridized carbons (Fsp3) is 0.308. The Bertz CT molecular complexity index is 657. The lowest BCUT2D eigenvalue weighted by molar-refractivity contribution is -0.137. The fourth-order valence-electron chi connectivity index (χ4n) is 1.71. The number of thiazole rings is 1. The van der Waals surface area contributed by atoms with E-state index in [0.29, 0.717) is 21.4 Å². The van der Waals surface area contributed by atoms with Crippen LogP contribution >= 0.6 is 11.3 Å². The minimum atomic E-state index is -0.956. The predicted molar refractivity (Wildman–Crippen MR) is 77.1 cm³/mol. The molecule has 2 heterocycles. The van der Waals surface area contributed by atoms with Crippen molar-refractivity contribution in [3.63, 3.8) is 0 Å². The van der Waals surface area contributed by atoms with Crippen molar-refractivity contribution in [2.45, 2.75) is 26.3 Å². The number of hydrogen-bond donors (Lipinski definition) is 2. The number of carboxylic acids is 1. The van der Waals surface area contributed by atoms with Crippen molar-refractivity contribution in [2.24, 2.45) is 0 Å². The van der Waals surface area contributed by atoms with Crippen LogP contribution in [0.4, 0.5) is 0 Å². The number of hydrogen-bond acceptors (Lipinski definition) is 6. The maximum absolute atomic E-state index is 12.1. The van der Waals surface area contributed by atoms with Gasteiger partial charge in [-0.3, -0.25) is 9.59 Å². The molecular formula is C13H14N4O3S. The summed E-state index contributed by atoms with van der Waals surface area (Å²) in [5, 5.41) is 11.9. The normalized spacial score (nSPS) is 11.9. The van der Waals surface area contributed by atoms with E-state index in [1.54, 1.807) is 32.3 Å². The summed E-state index contributed by atoms with van der Waals surface area (Å²) in [6, 6.07) is 1.25. The van der Waals surface area contributed by atoms with Crippen LogP contribution in [0.25, 0.3) is 10.8 Å². The SMILES string of the molecule is Cc1nc(-c2ncccn2)sc1C(=O)NC(C)CC(=O)O. The second-order valence-electron chi connectivity index (χ2n) is 4.48. The van der Waals surface area contributed by atoms with Gasteiger partial charge >= 0.3 is 5.97 Å². The highest BCUT2D eigenvalue weighted by molar-refractivity contribution is 7.17. The minimum absolute atomic E-state index is 0.127. The second kappa shape index (κ2) is 6.40. The van der Waals surface area contributed by atoms with E-state index in [0.717, 1.165) is 0 Å². The number of carbonyl (C=O) groups is 2. The van der Waals surface area contributed by atoms with Gasteiger partial charge in [0.25, 0.3) is 5.91 Å². The van der Waals surface area contributed by atoms with E-state index in [1.807, 2.05) is 0 Å². The molecule has 1 unspecified atom stereocenters. The van der Waals surface area contributed by atoms with Crippen LogP contribution < -0.4 is 5.32 Å². The topological polar surface area (TPSA) is 105 Å². The van der Waals surface area contributed by atoms with Crippen LogP contribution in [0.15, 0.2) is 18.5 Å². The van der Waals surface area contributed by atoms with Crippen molar-refractivity contribution in [1.82, 2.24) is 20.3 Å². The van der Waals surface area contributed by atoms with Gasteiger partial charge in [-0.1, -0.05) is 0 Å².